The molecule has 4 heteroatoms. The van der Waals surface area contributed by atoms with Gasteiger partial charge >= 0.3 is 5.97 Å². The lowest BCUT2D eigenvalue weighted by Gasteiger charge is -2.05. The van der Waals surface area contributed by atoms with Crippen molar-refractivity contribution in [1.82, 2.24) is 0 Å². The number of carboxylic acid groups (broad SMARTS) is 1. The Kier molecular flexibility index (Phi) is 4.18. The average Bonchev–Trinajstić information content (AvgIpc) is 2.18. The summed E-state index contributed by atoms with van der Waals surface area (Å²) in [5.41, 5.74) is 1.57. The maximum Gasteiger partial charge on any atom is 0.303 e. The highest BCUT2D eigenvalue weighted by atomic mass is 35.5. The molecule has 1 aromatic carbocycles. The van der Waals surface area contributed by atoms with E-state index in [1.54, 1.807) is 18.2 Å². The van der Waals surface area contributed by atoms with Crippen molar-refractivity contribution in [2.75, 3.05) is 0 Å². The monoisotopic (exact) mass is 244 g/mol. The number of benzene rings is 1. The van der Waals surface area contributed by atoms with Crippen molar-refractivity contribution in [3.63, 3.8) is 0 Å². The van der Waals surface area contributed by atoms with Gasteiger partial charge in [-0.1, -0.05) is 35.8 Å². The van der Waals surface area contributed by atoms with Gasteiger partial charge in [0.05, 0.1) is 10.0 Å². The summed E-state index contributed by atoms with van der Waals surface area (Å²) in [6.45, 7) is 3.80. The molecule has 15 heavy (non-hydrogen) atoms. The van der Waals surface area contributed by atoms with E-state index in [1.165, 1.54) is 0 Å². The molecule has 0 saturated carbocycles. The molecule has 0 aliphatic carbocycles. The standard InChI is InChI=1S/C11H10Cl2O2/c1-7(2-5-11(14)15)8-3-4-9(12)10(13)6-8/h3-4,6H,1-2,5H2,(H,14,15). The third-order valence-corrected chi connectivity index (χ3v) is 2.71. The predicted octanol–water partition coefficient (Wildman–Crippen LogP) is 3.87. The Hall–Kier alpha value is -0.990. The first-order valence-corrected chi connectivity index (χ1v) is 5.11. The van der Waals surface area contributed by atoms with Crippen LogP contribution < -0.4 is 0 Å². The van der Waals surface area contributed by atoms with Gasteiger partial charge in [-0.2, -0.15) is 0 Å². The molecular formula is C11H10Cl2O2. The largest absolute Gasteiger partial charge is 0.481 e. The Bertz CT molecular complexity index is 400. The highest BCUT2D eigenvalue weighted by molar-refractivity contribution is 6.42. The lowest BCUT2D eigenvalue weighted by molar-refractivity contribution is -0.136. The van der Waals surface area contributed by atoms with E-state index in [4.69, 9.17) is 28.3 Å². The van der Waals surface area contributed by atoms with Crippen molar-refractivity contribution in [1.29, 1.82) is 0 Å². The van der Waals surface area contributed by atoms with E-state index in [-0.39, 0.29) is 6.42 Å². The van der Waals surface area contributed by atoms with Crippen molar-refractivity contribution < 1.29 is 9.90 Å². The first-order valence-electron chi connectivity index (χ1n) is 4.35. The molecular weight excluding hydrogens is 235 g/mol. The molecule has 0 heterocycles. The molecule has 0 atom stereocenters. The van der Waals surface area contributed by atoms with E-state index >= 15 is 0 Å². The number of aliphatic carboxylic acids is 1. The third kappa shape index (κ3) is 3.57. The van der Waals surface area contributed by atoms with Crippen molar-refractivity contribution in [3.05, 3.63) is 40.4 Å². The normalized spacial score (nSPS) is 10.0. The Balaban J connectivity index is 2.74. The van der Waals surface area contributed by atoms with Gasteiger partial charge in [0.25, 0.3) is 0 Å². The molecule has 0 bridgehead atoms. The van der Waals surface area contributed by atoms with Gasteiger partial charge in [0.2, 0.25) is 0 Å². The molecule has 1 N–H and O–H groups in total. The number of carbonyl (C=O) groups is 1. The fraction of sp³-hybridized carbons (Fsp3) is 0.182. The van der Waals surface area contributed by atoms with E-state index in [2.05, 4.69) is 6.58 Å². The smallest absolute Gasteiger partial charge is 0.303 e. The van der Waals surface area contributed by atoms with Crippen LogP contribution in [-0.2, 0) is 4.79 Å². The summed E-state index contributed by atoms with van der Waals surface area (Å²) < 4.78 is 0. The highest BCUT2D eigenvalue weighted by Crippen LogP contribution is 2.27. The van der Waals surface area contributed by atoms with Crippen LogP contribution in [0.3, 0.4) is 0 Å². The minimum absolute atomic E-state index is 0.0685. The summed E-state index contributed by atoms with van der Waals surface area (Å²) >= 11 is 11.6. The van der Waals surface area contributed by atoms with Crippen LogP contribution in [0.4, 0.5) is 0 Å². The summed E-state index contributed by atoms with van der Waals surface area (Å²) in [5.74, 6) is -0.837. The minimum atomic E-state index is -0.837. The van der Waals surface area contributed by atoms with Crippen LogP contribution in [0.2, 0.25) is 10.0 Å². The van der Waals surface area contributed by atoms with Gasteiger partial charge in [-0.25, -0.2) is 0 Å². The Morgan fingerprint density at radius 3 is 2.47 bits per heavy atom. The van der Waals surface area contributed by atoms with E-state index in [1.807, 2.05) is 0 Å². The molecule has 0 amide bonds. The SMILES string of the molecule is C=C(CCC(=O)O)c1ccc(Cl)c(Cl)c1. The highest BCUT2D eigenvalue weighted by Gasteiger charge is 2.05. The van der Waals surface area contributed by atoms with Crippen LogP contribution in [0.15, 0.2) is 24.8 Å². The van der Waals surface area contributed by atoms with Crippen molar-refractivity contribution >= 4 is 34.7 Å². The minimum Gasteiger partial charge on any atom is -0.481 e. The number of hydrogen-bond acceptors (Lipinski definition) is 1. The maximum absolute atomic E-state index is 10.4. The topological polar surface area (TPSA) is 37.3 Å². The molecule has 0 radical (unpaired) electrons. The van der Waals surface area contributed by atoms with Gasteiger partial charge in [-0.3, -0.25) is 4.79 Å². The lowest BCUT2D eigenvalue weighted by Crippen LogP contribution is -1.94. The zero-order chi connectivity index (χ0) is 11.4. The molecule has 2 nitrogen and oxygen atoms in total. The number of carboxylic acids is 1. The fourth-order valence-corrected chi connectivity index (χ4v) is 1.42. The third-order valence-electron chi connectivity index (χ3n) is 1.97. The van der Waals surface area contributed by atoms with Crippen LogP contribution in [0.1, 0.15) is 18.4 Å². The van der Waals surface area contributed by atoms with E-state index in [9.17, 15) is 4.79 Å². The molecule has 0 aliphatic heterocycles. The van der Waals surface area contributed by atoms with Crippen molar-refractivity contribution in [2.45, 2.75) is 12.8 Å². The molecule has 0 fully saturated rings. The second kappa shape index (κ2) is 5.19. The van der Waals surface area contributed by atoms with Crippen LogP contribution in [0.25, 0.3) is 5.57 Å². The Labute approximate surface area is 98.1 Å². The second-order valence-corrected chi connectivity index (χ2v) is 3.94. The Morgan fingerprint density at radius 1 is 1.27 bits per heavy atom. The number of halogens is 2. The predicted molar refractivity (Wildman–Crippen MR) is 62.4 cm³/mol. The van der Waals surface area contributed by atoms with E-state index in [0.717, 1.165) is 11.1 Å². The maximum atomic E-state index is 10.4. The summed E-state index contributed by atoms with van der Waals surface area (Å²) in [4.78, 5) is 10.4. The van der Waals surface area contributed by atoms with E-state index < -0.39 is 5.97 Å². The molecule has 1 aromatic rings. The summed E-state index contributed by atoms with van der Waals surface area (Å²) in [6.07, 6.45) is 0.479. The molecule has 0 aromatic heterocycles. The van der Waals surface area contributed by atoms with Crippen LogP contribution in [0.5, 0.6) is 0 Å². The molecule has 0 spiro atoms. The number of rotatable bonds is 4. The van der Waals surface area contributed by atoms with Crippen LogP contribution >= 0.6 is 23.2 Å². The van der Waals surface area contributed by atoms with Gasteiger partial charge < -0.3 is 5.11 Å². The quantitative estimate of drug-likeness (QED) is 0.874. The zero-order valence-electron chi connectivity index (χ0n) is 7.96. The second-order valence-electron chi connectivity index (χ2n) is 3.13. The fourth-order valence-electron chi connectivity index (χ4n) is 1.12. The van der Waals surface area contributed by atoms with Gasteiger partial charge in [0.15, 0.2) is 0 Å². The summed E-state index contributed by atoms with van der Waals surface area (Å²) in [6, 6.07) is 5.14. The van der Waals surface area contributed by atoms with E-state index in [0.29, 0.717) is 16.5 Å². The summed E-state index contributed by atoms with van der Waals surface area (Å²) in [5, 5.41) is 9.45. The van der Waals surface area contributed by atoms with Gasteiger partial charge in [-0.05, 0) is 29.7 Å². The molecule has 0 unspecified atom stereocenters. The van der Waals surface area contributed by atoms with Crippen molar-refractivity contribution in [2.24, 2.45) is 0 Å². The first-order chi connectivity index (χ1) is 7.00. The molecule has 0 saturated heterocycles. The first kappa shape index (κ1) is 12.1. The average molecular weight is 245 g/mol. The lowest BCUT2D eigenvalue weighted by atomic mass is 10.0. The van der Waals surface area contributed by atoms with Crippen LogP contribution in [-0.4, -0.2) is 11.1 Å². The zero-order valence-corrected chi connectivity index (χ0v) is 9.48. The Morgan fingerprint density at radius 2 is 1.93 bits per heavy atom. The molecule has 1 rings (SSSR count). The van der Waals surface area contributed by atoms with Crippen molar-refractivity contribution in [3.8, 4) is 0 Å². The van der Waals surface area contributed by atoms with Gasteiger partial charge in [0.1, 0.15) is 0 Å². The van der Waals surface area contributed by atoms with Gasteiger partial charge in [-0.15, -0.1) is 0 Å². The number of allylic oxidation sites excluding steroid dienone is 1. The van der Waals surface area contributed by atoms with Gasteiger partial charge in [0, 0.05) is 6.42 Å². The summed E-state index contributed by atoms with van der Waals surface area (Å²) in [7, 11) is 0. The van der Waals surface area contributed by atoms with Crippen LogP contribution in [0, 0.1) is 0 Å². The molecule has 0 aliphatic rings. The number of hydrogen-bond donors (Lipinski definition) is 1. The molecule has 80 valence electrons.